The van der Waals surface area contributed by atoms with Gasteiger partial charge in [-0.15, -0.1) is 0 Å². The predicted molar refractivity (Wildman–Crippen MR) is 101 cm³/mol. The Morgan fingerprint density at radius 1 is 1.17 bits per heavy atom. The average molecular weight is 332 g/mol. The normalized spacial score (nSPS) is 20.8. The van der Waals surface area contributed by atoms with E-state index in [2.05, 4.69) is 54.5 Å². The molecule has 4 nitrogen and oxygen atoms in total. The average Bonchev–Trinajstić information content (AvgIpc) is 2.60. The first-order chi connectivity index (χ1) is 11.6. The monoisotopic (exact) mass is 331 g/mol. The van der Waals surface area contributed by atoms with Crippen molar-refractivity contribution in [1.29, 1.82) is 0 Å². The van der Waals surface area contributed by atoms with Crippen LogP contribution in [0.1, 0.15) is 52.0 Å². The van der Waals surface area contributed by atoms with E-state index in [4.69, 9.17) is 0 Å². The van der Waals surface area contributed by atoms with Gasteiger partial charge in [0, 0.05) is 18.3 Å². The first-order valence-corrected chi connectivity index (χ1v) is 9.47. The standard InChI is InChI=1S/C20H33N3O/c1-4-23(5-2)15-17-11-7-9-13-19(17)21-14-20(24)22-18-12-8-6-10-16(18)3/h7,9,11,13,16,18,21H,4-6,8,10,12,14-15H2,1-3H3,(H,22,24). The predicted octanol–water partition coefficient (Wildman–Crippen LogP) is 3.64. The van der Waals surface area contributed by atoms with Gasteiger partial charge in [-0.05, 0) is 43.5 Å². The Kier molecular flexibility index (Phi) is 7.57. The molecule has 1 fully saturated rings. The van der Waals surface area contributed by atoms with Crippen molar-refractivity contribution in [2.24, 2.45) is 5.92 Å². The van der Waals surface area contributed by atoms with Crippen LogP contribution < -0.4 is 10.6 Å². The fraction of sp³-hybridized carbons (Fsp3) is 0.650. The summed E-state index contributed by atoms with van der Waals surface area (Å²) in [6.45, 7) is 9.93. The van der Waals surface area contributed by atoms with Gasteiger partial charge in [0.15, 0.2) is 0 Å². The van der Waals surface area contributed by atoms with E-state index >= 15 is 0 Å². The molecular weight excluding hydrogens is 298 g/mol. The minimum atomic E-state index is 0.103. The summed E-state index contributed by atoms with van der Waals surface area (Å²) in [5.74, 6) is 0.698. The van der Waals surface area contributed by atoms with Gasteiger partial charge in [-0.1, -0.05) is 51.8 Å². The van der Waals surface area contributed by atoms with Gasteiger partial charge in [-0.3, -0.25) is 9.69 Å². The van der Waals surface area contributed by atoms with Crippen LogP contribution in [-0.2, 0) is 11.3 Å². The maximum Gasteiger partial charge on any atom is 0.239 e. The van der Waals surface area contributed by atoms with Gasteiger partial charge in [0.1, 0.15) is 0 Å². The van der Waals surface area contributed by atoms with Gasteiger partial charge in [-0.2, -0.15) is 0 Å². The second-order valence-corrected chi connectivity index (χ2v) is 6.91. The Morgan fingerprint density at radius 2 is 1.88 bits per heavy atom. The number of nitrogens with zero attached hydrogens (tertiary/aromatic N) is 1. The Hall–Kier alpha value is -1.55. The fourth-order valence-corrected chi connectivity index (χ4v) is 3.48. The lowest BCUT2D eigenvalue weighted by atomic mass is 9.86. The Balaban J connectivity index is 1.88. The quantitative estimate of drug-likeness (QED) is 0.764. The van der Waals surface area contributed by atoms with Crippen molar-refractivity contribution in [3.05, 3.63) is 29.8 Å². The summed E-state index contributed by atoms with van der Waals surface area (Å²) in [5.41, 5.74) is 2.32. The highest BCUT2D eigenvalue weighted by atomic mass is 16.2. The number of anilines is 1. The highest BCUT2D eigenvalue weighted by Gasteiger charge is 2.22. The molecule has 1 aromatic carbocycles. The lowest BCUT2D eigenvalue weighted by Crippen LogP contribution is -2.43. The molecule has 1 aromatic rings. The molecule has 2 rings (SSSR count). The van der Waals surface area contributed by atoms with Crippen molar-refractivity contribution in [2.45, 2.75) is 59.0 Å². The zero-order chi connectivity index (χ0) is 17.4. The minimum Gasteiger partial charge on any atom is -0.376 e. The molecule has 1 amide bonds. The Morgan fingerprint density at radius 3 is 2.58 bits per heavy atom. The molecule has 134 valence electrons. The van der Waals surface area contributed by atoms with Crippen LogP contribution in [0.4, 0.5) is 5.69 Å². The number of hydrogen-bond acceptors (Lipinski definition) is 3. The van der Waals surface area contributed by atoms with E-state index in [1.807, 2.05) is 6.07 Å². The number of carbonyl (C=O) groups is 1. The minimum absolute atomic E-state index is 0.103. The molecule has 0 saturated heterocycles. The number of nitrogens with one attached hydrogen (secondary N) is 2. The van der Waals surface area contributed by atoms with Gasteiger partial charge in [0.25, 0.3) is 0 Å². The molecule has 1 aliphatic rings. The van der Waals surface area contributed by atoms with Crippen LogP contribution in [-0.4, -0.2) is 36.5 Å². The number of carbonyl (C=O) groups excluding carboxylic acids is 1. The third-order valence-electron chi connectivity index (χ3n) is 5.20. The third-order valence-corrected chi connectivity index (χ3v) is 5.20. The summed E-state index contributed by atoms with van der Waals surface area (Å²) in [7, 11) is 0. The molecular formula is C20H33N3O. The summed E-state index contributed by atoms with van der Waals surface area (Å²) in [5, 5.41) is 6.54. The van der Waals surface area contributed by atoms with Gasteiger partial charge < -0.3 is 10.6 Å². The van der Waals surface area contributed by atoms with Crippen LogP contribution in [0.15, 0.2) is 24.3 Å². The highest BCUT2D eigenvalue weighted by Crippen LogP contribution is 2.23. The zero-order valence-corrected chi connectivity index (χ0v) is 15.5. The van der Waals surface area contributed by atoms with Gasteiger partial charge in [0.2, 0.25) is 5.91 Å². The van der Waals surface area contributed by atoms with Gasteiger partial charge >= 0.3 is 0 Å². The topological polar surface area (TPSA) is 44.4 Å². The Bertz CT molecular complexity index is 513. The number of amides is 1. The van der Waals surface area contributed by atoms with E-state index in [-0.39, 0.29) is 5.91 Å². The maximum atomic E-state index is 12.3. The first-order valence-electron chi connectivity index (χ1n) is 9.47. The molecule has 2 unspecified atom stereocenters. The van der Waals surface area contributed by atoms with E-state index in [9.17, 15) is 4.79 Å². The van der Waals surface area contributed by atoms with Crippen LogP contribution in [0.2, 0.25) is 0 Å². The van der Waals surface area contributed by atoms with Gasteiger partial charge in [0.05, 0.1) is 6.54 Å². The molecule has 0 aromatic heterocycles. The Labute approximate surface area is 147 Å². The van der Waals surface area contributed by atoms with Crippen LogP contribution in [0.5, 0.6) is 0 Å². The summed E-state index contributed by atoms with van der Waals surface area (Å²) >= 11 is 0. The summed E-state index contributed by atoms with van der Waals surface area (Å²) in [6.07, 6.45) is 4.87. The smallest absolute Gasteiger partial charge is 0.239 e. The largest absolute Gasteiger partial charge is 0.376 e. The first kappa shape index (κ1) is 18.8. The zero-order valence-electron chi connectivity index (χ0n) is 15.5. The van der Waals surface area contributed by atoms with Crippen molar-refractivity contribution >= 4 is 11.6 Å². The highest BCUT2D eigenvalue weighted by molar-refractivity contribution is 5.81. The second-order valence-electron chi connectivity index (χ2n) is 6.91. The summed E-state index contributed by atoms with van der Waals surface area (Å²) in [4.78, 5) is 14.7. The van der Waals surface area contributed by atoms with E-state index < -0.39 is 0 Å². The molecule has 4 heteroatoms. The second kappa shape index (κ2) is 9.67. The maximum absolute atomic E-state index is 12.3. The van der Waals surface area contributed by atoms with Crippen LogP contribution in [0.3, 0.4) is 0 Å². The molecule has 2 atom stereocenters. The van der Waals surface area contributed by atoms with E-state index in [0.29, 0.717) is 18.5 Å². The third kappa shape index (κ3) is 5.52. The van der Waals surface area contributed by atoms with Crippen LogP contribution in [0, 0.1) is 5.92 Å². The van der Waals surface area contributed by atoms with Crippen LogP contribution >= 0.6 is 0 Å². The SMILES string of the molecule is CCN(CC)Cc1ccccc1NCC(=O)NC1CCCCC1C. The molecule has 0 aliphatic heterocycles. The molecule has 1 aliphatic carbocycles. The van der Waals surface area contributed by atoms with Crippen molar-refractivity contribution in [2.75, 3.05) is 25.0 Å². The van der Waals surface area contributed by atoms with Crippen molar-refractivity contribution < 1.29 is 4.79 Å². The van der Waals surface area contributed by atoms with E-state index in [1.54, 1.807) is 0 Å². The molecule has 24 heavy (non-hydrogen) atoms. The van der Waals surface area contributed by atoms with E-state index in [0.717, 1.165) is 31.7 Å². The number of benzene rings is 1. The summed E-state index contributed by atoms with van der Waals surface area (Å²) in [6, 6.07) is 8.64. The summed E-state index contributed by atoms with van der Waals surface area (Å²) < 4.78 is 0. The van der Waals surface area contributed by atoms with E-state index in [1.165, 1.54) is 24.8 Å². The number of rotatable bonds is 8. The molecule has 0 heterocycles. The van der Waals surface area contributed by atoms with Crippen molar-refractivity contribution in [3.8, 4) is 0 Å². The van der Waals surface area contributed by atoms with Crippen LogP contribution in [0.25, 0.3) is 0 Å². The molecule has 0 bridgehead atoms. The number of para-hydroxylation sites is 1. The molecule has 1 saturated carbocycles. The lowest BCUT2D eigenvalue weighted by Gasteiger charge is -2.29. The molecule has 0 spiro atoms. The molecule has 0 radical (unpaired) electrons. The van der Waals surface area contributed by atoms with Gasteiger partial charge in [-0.25, -0.2) is 0 Å². The fourth-order valence-electron chi connectivity index (χ4n) is 3.48. The number of hydrogen-bond donors (Lipinski definition) is 2. The molecule has 2 N–H and O–H groups in total. The lowest BCUT2D eigenvalue weighted by molar-refractivity contribution is -0.120. The van der Waals surface area contributed by atoms with Crippen molar-refractivity contribution in [3.63, 3.8) is 0 Å². The van der Waals surface area contributed by atoms with Crippen molar-refractivity contribution in [1.82, 2.24) is 10.2 Å².